The van der Waals surface area contributed by atoms with Crippen LogP contribution in [0.1, 0.15) is 25.5 Å². The van der Waals surface area contributed by atoms with Gasteiger partial charge in [0.2, 0.25) is 0 Å². The zero-order valence-corrected chi connectivity index (χ0v) is 8.33. The first-order chi connectivity index (χ1) is 6.26. The van der Waals surface area contributed by atoms with Crippen molar-refractivity contribution in [2.75, 3.05) is 0 Å². The van der Waals surface area contributed by atoms with Gasteiger partial charge in [0.15, 0.2) is 0 Å². The van der Waals surface area contributed by atoms with Gasteiger partial charge < -0.3 is 0 Å². The predicted octanol–water partition coefficient (Wildman–Crippen LogP) is 0.595. The van der Waals surface area contributed by atoms with Crippen molar-refractivity contribution < 1.29 is 0 Å². The molecule has 0 aliphatic carbocycles. The van der Waals surface area contributed by atoms with Crippen LogP contribution in [0.2, 0.25) is 0 Å². The second-order valence-corrected chi connectivity index (χ2v) is 3.34. The lowest BCUT2D eigenvalue weighted by atomic mass is 10.1. The highest BCUT2D eigenvalue weighted by molar-refractivity contribution is 5.00. The Hall–Kier alpha value is -0.870. The topological polar surface area (TPSA) is 55.9 Å². The van der Waals surface area contributed by atoms with Crippen LogP contribution in [0, 0.1) is 0 Å². The lowest BCUT2D eigenvalue weighted by Gasteiger charge is -2.12. The van der Waals surface area contributed by atoms with Crippen LogP contribution in [-0.2, 0) is 13.5 Å². The third-order valence-corrected chi connectivity index (χ3v) is 2.10. The minimum atomic E-state index is 0.347. The van der Waals surface area contributed by atoms with Crippen molar-refractivity contribution in [3.05, 3.63) is 18.0 Å². The molecule has 0 aliphatic rings. The van der Waals surface area contributed by atoms with Crippen LogP contribution in [-0.4, -0.2) is 15.8 Å². The van der Waals surface area contributed by atoms with Crippen LogP contribution < -0.4 is 11.3 Å². The van der Waals surface area contributed by atoms with Crippen LogP contribution in [0.4, 0.5) is 0 Å². The summed E-state index contributed by atoms with van der Waals surface area (Å²) >= 11 is 0. The molecule has 1 unspecified atom stereocenters. The Morgan fingerprint density at radius 2 is 2.46 bits per heavy atom. The van der Waals surface area contributed by atoms with E-state index in [4.69, 9.17) is 5.84 Å². The number of aromatic nitrogens is 2. The summed E-state index contributed by atoms with van der Waals surface area (Å²) in [5.74, 6) is 5.43. The maximum Gasteiger partial charge on any atom is 0.0640 e. The first kappa shape index (κ1) is 10.2. The molecule has 1 atom stereocenters. The molecule has 1 heterocycles. The third kappa shape index (κ3) is 3.16. The van der Waals surface area contributed by atoms with Gasteiger partial charge >= 0.3 is 0 Å². The normalized spacial score (nSPS) is 13.2. The van der Waals surface area contributed by atoms with E-state index in [9.17, 15) is 0 Å². The number of nitrogens with zero attached hydrogens (tertiary/aromatic N) is 2. The first-order valence-corrected chi connectivity index (χ1v) is 4.71. The fraction of sp³-hybridized carbons (Fsp3) is 0.667. The van der Waals surface area contributed by atoms with Gasteiger partial charge in [0.05, 0.1) is 5.69 Å². The molecule has 0 saturated carbocycles. The summed E-state index contributed by atoms with van der Waals surface area (Å²) in [6, 6.07) is 2.37. The van der Waals surface area contributed by atoms with E-state index in [1.807, 2.05) is 24.0 Å². The molecule has 4 heteroatoms. The Labute approximate surface area is 79.1 Å². The smallest absolute Gasteiger partial charge is 0.0640 e. The van der Waals surface area contributed by atoms with Gasteiger partial charge in [-0.15, -0.1) is 0 Å². The summed E-state index contributed by atoms with van der Waals surface area (Å²) in [5.41, 5.74) is 3.91. The summed E-state index contributed by atoms with van der Waals surface area (Å²) < 4.78 is 1.81. The van der Waals surface area contributed by atoms with E-state index in [-0.39, 0.29) is 0 Å². The van der Waals surface area contributed by atoms with E-state index in [0.717, 1.165) is 25.0 Å². The highest BCUT2D eigenvalue weighted by Gasteiger charge is 2.07. The number of hydrogen-bond acceptors (Lipinski definition) is 3. The highest BCUT2D eigenvalue weighted by Crippen LogP contribution is 2.04. The van der Waals surface area contributed by atoms with Crippen LogP contribution in [0.5, 0.6) is 0 Å². The Morgan fingerprint density at radius 1 is 1.69 bits per heavy atom. The molecular formula is C9H18N4. The van der Waals surface area contributed by atoms with Crippen LogP contribution in [0.15, 0.2) is 12.3 Å². The molecule has 0 bridgehead atoms. The molecule has 3 N–H and O–H groups in total. The summed E-state index contributed by atoms with van der Waals surface area (Å²) in [7, 11) is 1.92. The minimum Gasteiger partial charge on any atom is -0.276 e. The summed E-state index contributed by atoms with van der Waals surface area (Å²) in [5, 5.41) is 4.30. The molecular weight excluding hydrogens is 164 g/mol. The molecule has 0 spiro atoms. The molecule has 1 aromatic rings. The SMILES string of the molecule is CCCC(Cc1ccn(C)n1)NN. The molecule has 0 aromatic carbocycles. The van der Waals surface area contributed by atoms with Gasteiger partial charge in [-0.2, -0.15) is 5.10 Å². The molecule has 74 valence electrons. The molecule has 0 saturated heterocycles. The van der Waals surface area contributed by atoms with Crippen LogP contribution in [0.3, 0.4) is 0 Å². The van der Waals surface area contributed by atoms with E-state index in [1.54, 1.807) is 0 Å². The number of hydrazine groups is 1. The molecule has 4 nitrogen and oxygen atoms in total. The molecule has 1 rings (SSSR count). The van der Waals surface area contributed by atoms with Crippen LogP contribution >= 0.6 is 0 Å². The van der Waals surface area contributed by atoms with E-state index < -0.39 is 0 Å². The molecule has 0 amide bonds. The molecule has 0 radical (unpaired) electrons. The van der Waals surface area contributed by atoms with E-state index >= 15 is 0 Å². The minimum absolute atomic E-state index is 0.347. The summed E-state index contributed by atoms with van der Waals surface area (Å²) in [4.78, 5) is 0. The number of hydrogen-bond donors (Lipinski definition) is 2. The summed E-state index contributed by atoms with van der Waals surface area (Å²) in [6.07, 6.45) is 5.09. The molecule has 1 aromatic heterocycles. The largest absolute Gasteiger partial charge is 0.276 e. The van der Waals surface area contributed by atoms with Crippen molar-refractivity contribution in [1.82, 2.24) is 15.2 Å². The average molecular weight is 182 g/mol. The van der Waals surface area contributed by atoms with E-state index in [0.29, 0.717) is 6.04 Å². The number of nitrogens with one attached hydrogen (secondary N) is 1. The maximum atomic E-state index is 5.43. The van der Waals surface area contributed by atoms with Crippen LogP contribution in [0.25, 0.3) is 0 Å². The monoisotopic (exact) mass is 182 g/mol. The zero-order chi connectivity index (χ0) is 9.68. The average Bonchev–Trinajstić information content (AvgIpc) is 2.50. The van der Waals surface area contributed by atoms with Gasteiger partial charge in [0.1, 0.15) is 0 Å². The summed E-state index contributed by atoms with van der Waals surface area (Å²) in [6.45, 7) is 2.16. The molecule has 0 aliphatic heterocycles. The van der Waals surface area contributed by atoms with E-state index in [2.05, 4.69) is 17.4 Å². The fourth-order valence-corrected chi connectivity index (χ4v) is 1.42. The van der Waals surface area contributed by atoms with Crippen molar-refractivity contribution >= 4 is 0 Å². The third-order valence-electron chi connectivity index (χ3n) is 2.10. The molecule has 13 heavy (non-hydrogen) atoms. The van der Waals surface area contributed by atoms with Crippen molar-refractivity contribution in [2.24, 2.45) is 12.9 Å². The van der Waals surface area contributed by atoms with Gasteiger partial charge in [0.25, 0.3) is 0 Å². The van der Waals surface area contributed by atoms with Gasteiger partial charge in [-0.1, -0.05) is 13.3 Å². The lowest BCUT2D eigenvalue weighted by molar-refractivity contribution is 0.479. The second kappa shape index (κ2) is 4.99. The second-order valence-electron chi connectivity index (χ2n) is 3.34. The maximum absolute atomic E-state index is 5.43. The van der Waals surface area contributed by atoms with Gasteiger partial charge in [-0.05, 0) is 12.5 Å². The highest BCUT2D eigenvalue weighted by atomic mass is 15.3. The number of aryl methyl sites for hydroxylation is 1. The standard InChI is InChI=1S/C9H18N4/c1-3-4-8(11-10)7-9-5-6-13(2)12-9/h5-6,8,11H,3-4,7,10H2,1-2H3. The van der Waals surface area contributed by atoms with Crippen molar-refractivity contribution in [2.45, 2.75) is 32.2 Å². The number of nitrogens with two attached hydrogens (primary N) is 1. The zero-order valence-electron chi connectivity index (χ0n) is 8.33. The van der Waals surface area contributed by atoms with E-state index in [1.165, 1.54) is 0 Å². The predicted molar refractivity (Wildman–Crippen MR) is 52.9 cm³/mol. The van der Waals surface area contributed by atoms with Gasteiger partial charge in [-0.3, -0.25) is 16.0 Å². The van der Waals surface area contributed by atoms with Crippen molar-refractivity contribution in [3.63, 3.8) is 0 Å². The number of rotatable bonds is 5. The van der Waals surface area contributed by atoms with Crippen molar-refractivity contribution in [1.29, 1.82) is 0 Å². The Bertz CT molecular complexity index is 244. The fourth-order valence-electron chi connectivity index (χ4n) is 1.42. The Kier molecular flexibility index (Phi) is 3.92. The molecule has 0 fully saturated rings. The quantitative estimate of drug-likeness (QED) is 0.518. The Balaban J connectivity index is 2.46. The first-order valence-electron chi connectivity index (χ1n) is 4.71. The van der Waals surface area contributed by atoms with Gasteiger partial charge in [-0.25, -0.2) is 0 Å². The lowest BCUT2D eigenvalue weighted by Crippen LogP contribution is -2.36. The van der Waals surface area contributed by atoms with Gasteiger partial charge in [0, 0.05) is 25.7 Å². The Morgan fingerprint density at radius 3 is 2.92 bits per heavy atom. The van der Waals surface area contributed by atoms with Crippen molar-refractivity contribution in [3.8, 4) is 0 Å².